The molecule has 0 saturated carbocycles. The SMILES string of the molecule is COC(=O)C(C)(C)c1cc(OC)c2ccccc2c1O. The Morgan fingerprint density at radius 1 is 1.15 bits per heavy atom. The van der Waals surface area contributed by atoms with Gasteiger partial charge >= 0.3 is 5.97 Å². The highest BCUT2D eigenvalue weighted by Crippen LogP contribution is 2.41. The molecule has 0 unspecified atom stereocenters. The van der Waals surface area contributed by atoms with E-state index >= 15 is 0 Å². The third-order valence-electron chi connectivity index (χ3n) is 3.57. The lowest BCUT2D eigenvalue weighted by Crippen LogP contribution is -2.30. The summed E-state index contributed by atoms with van der Waals surface area (Å²) in [5, 5.41) is 11.9. The topological polar surface area (TPSA) is 55.8 Å². The molecule has 4 nitrogen and oxygen atoms in total. The molecule has 20 heavy (non-hydrogen) atoms. The molecule has 4 heteroatoms. The van der Waals surface area contributed by atoms with Crippen LogP contribution in [0.2, 0.25) is 0 Å². The minimum Gasteiger partial charge on any atom is -0.507 e. The van der Waals surface area contributed by atoms with Gasteiger partial charge in [0.15, 0.2) is 0 Å². The van der Waals surface area contributed by atoms with Crippen molar-refractivity contribution in [2.45, 2.75) is 19.3 Å². The maximum Gasteiger partial charge on any atom is 0.315 e. The minimum absolute atomic E-state index is 0.0804. The monoisotopic (exact) mass is 274 g/mol. The van der Waals surface area contributed by atoms with Crippen LogP contribution in [-0.4, -0.2) is 25.3 Å². The highest BCUT2D eigenvalue weighted by Gasteiger charge is 2.34. The van der Waals surface area contributed by atoms with Crippen molar-refractivity contribution in [3.63, 3.8) is 0 Å². The van der Waals surface area contributed by atoms with Crippen LogP contribution in [0.5, 0.6) is 11.5 Å². The number of benzene rings is 2. The molecule has 0 amide bonds. The van der Waals surface area contributed by atoms with Crippen molar-refractivity contribution in [3.05, 3.63) is 35.9 Å². The van der Waals surface area contributed by atoms with E-state index in [0.29, 0.717) is 16.7 Å². The normalized spacial score (nSPS) is 11.4. The van der Waals surface area contributed by atoms with Crippen LogP contribution in [0.25, 0.3) is 10.8 Å². The van der Waals surface area contributed by atoms with Gasteiger partial charge in [0.1, 0.15) is 11.5 Å². The molecule has 2 aromatic rings. The minimum atomic E-state index is -0.962. The lowest BCUT2D eigenvalue weighted by Gasteiger charge is -2.24. The van der Waals surface area contributed by atoms with Gasteiger partial charge in [0.05, 0.1) is 19.6 Å². The summed E-state index contributed by atoms with van der Waals surface area (Å²) in [6.07, 6.45) is 0. The summed E-state index contributed by atoms with van der Waals surface area (Å²) in [7, 11) is 2.90. The molecule has 0 aromatic heterocycles. The third-order valence-corrected chi connectivity index (χ3v) is 3.57. The summed E-state index contributed by atoms with van der Waals surface area (Å²) in [5.74, 6) is 0.285. The third kappa shape index (κ3) is 2.07. The molecule has 0 aliphatic heterocycles. The molecule has 2 aromatic carbocycles. The number of fused-ring (bicyclic) bond motifs is 1. The number of phenols is 1. The molecule has 0 radical (unpaired) electrons. The maximum atomic E-state index is 11.9. The number of aromatic hydroxyl groups is 1. The molecular formula is C16H18O4. The zero-order valence-electron chi connectivity index (χ0n) is 12.1. The second kappa shape index (κ2) is 5.04. The molecule has 0 aliphatic carbocycles. The van der Waals surface area contributed by atoms with E-state index in [1.807, 2.05) is 18.2 Å². The van der Waals surface area contributed by atoms with Crippen molar-refractivity contribution in [2.24, 2.45) is 0 Å². The summed E-state index contributed by atoms with van der Waals surface area (Å²) in [5.41, 5.74) is -0.476. The van der Waals surface area contributed by atoms with Gasteiger partial charge in [0.25, 0.3) is 0 Å². The Morgan fingerprint density at radius 3 is 2.30 bits per heavy atom. The smallest absolute Gasteiger partial charge is 0.315 e. The number of carbonyl (C=O) groups excluding carboxylic acids is 1. The van der Waals surface area contributed by atoms with E-state index in [2.05, 4.69) is 0 Å². The number of hydrogen-bond acceptors (Lipinski definition) is 4. The Kier molecular flexibility index (Phi) is 3.57. The van der Waals surface area contributed by atoms with Crippen molar-refractivity contribution in [3.8, 4) is 11.5 Å². The van der Waals surface area contributed by atoms with Crippen LogP contribution in [0.1, 0.15) is 19.4 Å². The van der Waals surface area contributed by atoms with Gasteiger partial charge in [-0.25, -0.2) is 0 Å². The average Bonchev–Trinajstić information content (AvgIpc) is 2.46. The van der Waals surface area contributed by atoms with E-state index in [9.17, 15) is 9.90 Å². The van der Waals surface area contributed by atoms with Gasteiger partial charge in [-0.15, -0.1) is 0 Å². The van der Waals surface area contributed by atoms with Crippen LogP contribution in [-0.2, 0) is 14.9 Å². The fourth-order valence-electron chi connectivity index (χ4n) is 2.34. The van der Waals surface area contributed by atoms with E-state index in [4.69, 9.17) is 9.47 Å². The van der Waals surface area contributed by atoms with Gasteiger partial charge in [0, 0.05) is 16.3 Å². The van der Waals surface area contributed by atoms with Gasteiger partial charge in [-0.3, -0.25) is 4.79 Å². The van der Waals surface area contributed by atoms with Gasteiger partial charge in [-0.2, -0.15) is 0 Å². The predicted octanol–water partition coefficient (Wildman–Crippen LogP) is 3.00. The van der Waals surface area contributed by atoms with Crippen LogP contribution < -0.4 is 4.74 Å². The molecule has 0 heterocycles. The van der Waals surface area contributed by atoms with Crippen molar-refractivity contribution < 1.29 is 19.4 Å². The zero-order chi connectivity index (χ0) is 14.9. The first-order chi connectivity index (χ1) is 9.43. The van der Waals surface area contributed by atoms with Crippen molar-refractivity contribution >= 4 is 16.7 Å². The molecule has 0 spiro atoms. The zero-order valence-corrected chi connectivity index (χ0v) is 12.1. The van der Waals surface area contributed by atoms with Gasteiger partial charge < -0.3 is 14.6 Å². The summed E-state index contributed by atoms with van der Waals surface area (Å²) in [6, 6.07) is 9.05. The van der Waals surface area contributed by atoms with E-state index in [1.165, 1.54) is 7.11 Å². The van der Waals surface area contributed by atoms with Crippen LogP contribution in [0.15, 0.2) is 30.3 Å². The van der Waals surface area contributed by atoms with Gasteiger partial charge in [-0.05, 0) is 19.9 Å². The Labute approximate surface area is 117 Å². The van der Waals surface area contributed by atoms with E-state index in [1.54, 1.807) is 33.1 Å². The van der Waals surface area contributed by atoms with E-state index < -0.39 is 11.4 Å². The molecule has 0 saturated heterocycles. The summed E-state index contributed by atoms with van der Waals surface area (Å²) in [6.45, 7) is 3.42. The lowest BCUT2D eigenvalue weighted by atomic mass is 9.82. The average molecular weight is 274 g/mol. The van der Waals surface area contributed by atoms with Crippen molar-refractivity contribution in [1.82, 2.24) is 0 Å². The van der Waals surface area contributed by atoms with Crippen LogP contribution in [0.3, 0.4) is 0 Å². The Bertz CT molecular complexity index is 659. The van der Waals surface area contributed by atoms with Crippen LogP contribution in [0.4, 0.5) is 0 Å². The van der Waals surface area contributed by atoms with Crippen LogP contribution in [0, 0.1) is 0 Å². The summed E-state index contributed by atoms with van der Waals surface area (Å²) >= 11 is 0. The number of rotatable bonds is 3. The molecule has 106 valence electrons. The second-order valence-corrected chi connectivity index (χ2v) is 5.14. The Hall–Kier alpha value is -2.23. The van der Waals surface area contributed by atoms with Crippen molar-refractivity contribution in [1.29, 1.82) is 0 Å². The summed E-state index contributed by atoms with van der Waals surface area (Å²) < 4.78 is 10.2. The Balaban J connectivity index is 2.78. The number of ether oxygens (including phenoxy) is 2. The summed E-state index contributed by atoms with van der Waals surface area (Å²) in [4.78, 5) is 11.9. The van der Waals surface area contributed by atoms with Crippen molar-refractivity contribution in [2.75, 3.05) is 14.2 Å². The van der Waals surface area contributed by atoms with E-state index in [-0.39, 0.29) is 5.75 Å². The Morgan fingerprint density at radius 2 is 1.75 bits per heavy atom. The van der Waals surface area contributed by atoms with Gasteiger partial charge in [0.2, 0.25) is 0 Å². The molecule has 0 bridgehead atoms. The first-order valence-electron chi connectivity index (χ1n) is 6.31. The maximum absolute atomic E-state index is 11.9. The number of hydrogen-bond donors (Lipinski definition) is 1. The van der Waals surface area contributed by atoms with Gasteiger partial charge in [-0.1, -0.05) is 24.3 Å². The molecule has 1 N–H and O–H groups in total. The quantitative estimate of drug-likeness (QED) is 0.874. The molecule has 0 atom stereocenters. The number of esters is 1. The fourth-order valence-corrected chi connectivity index (χ4v) is 2.34. The second-order valence-electron chi connectivity index (χ2n) is 5.14. The highest BCUT2D eigenvalue weighted by molar-refractivity contribution is 5.96. The van der Waals surface area contributed by atoms with E-state index in [0.717, 1.165) is 5.39 Å². The molecular weight excluding hydrogens is 256 g/mol. The fraction of sp³-hybridized carbons (Fsp3) is 0.312. The first-order valence-corrected chi connectivity index (χ1v) is 6.31. The van der Waals surface area contributed by atoms with Crippen LogP contribution >= 0.6 is 0 Å². The lowest BCUT2D eigenvalue weighted by molar-refractivity contribution is -0.146. The number of methoxy groups -OCH3 is 2. The molecule has 2 rings (SSSR count). The standard InChI is InChI=1S/C16H18O4/c1-16(2,15(18)20-4)12-9-13(19-3)10-7-5-6-8-11(10)14(12)17/h5-9,17H,1-4H3. The number of phenolic OH excluding ortho intramolecular Hbond substituents is 1. The largest absolute Gasteiger partial charge is 0.507 e. The first kappa shape index (κ1) is 14.2. The number of carbonyl (C=O) groups is 1. The highest BCUT2D eigenvalue weighted by atomic mass is 16.5. The predicted molar refractivity (Wildman–Crippen MR) is 77.2 cm³/mol. The molecule has 0 aliphatic rings. The molecule has 0 fully saturated rings.